The van der Waals surface area contributed by atoms with Crippen LogP contribution >= 0.6 is 0 Å². The minimum Gasteiger partial charge on any atom is -0.295 e. The van der Waals surface area contributed by atoms with Crippen molar-refractivity contribution >= 4 is 11.7 Å². The van der Waals surface area contributed by atoms with Gasteiger partial charge < -0.3 is 0 Å². The van der Waals surface area contributed by atoms with E-state index in [1.165, 1.54) is 0 Å². The first kappa shape index (κ1) is 11.7. The number of aromatic nitrogens is 1. The van der Waals surface area contributed by atoms with E-state index in [1.807, 2.05) is 19.1 Å². The standard InChI is InChI=1S/C14H16N2O/c1-4-11-8-13(17)16(9-11)14-12(5-2)7-6-10(3)15-14/h1,6-7,11H,5,8-9H2,2-3H3. The molecule has 0 N–H and O–H groups in total. The topological polar surface area (TPSA) is 33.2 Å². The third-order valence-electron chi connectivity index (χ3n) is 3.09. The van der Waals surface area contributed by atoms with Crippen LogP contribution < -0.4 is 4.90 Å². The third kappa shape index (κ3) is 2.16. The van der Waals surface area contributed by atoms with Crippen LogP contribution in [0.2, 0.25) is 0 Å². The van der Waals surface area contributed by atoms with Crippen molar-refractivity contribution in [1.29, 1.82) is 0 Å². The molecule has 0 aliphatic carbocycles. The van der Waals surface area contributed by atoms with Crippen LogP contribution in [0.3, 0.4) is 0 Å². The summed E-state index contributed by atoms with van der Waals surface area (Å²) < 4.78 is 0. The molecule has 0 radical (unpaired) electrons. The number of aryl methyl sites for hydroxylation is 2. The van der Waals surface area contributed by atoms with Crippen LogP contribution in [-0.2, 0) is 11.2 Å². The zero-order valence-electron chi connectivity index (χ0n) is 10.2. The van der Waals surface area contributed by atoms with Crippen molar-refractivity contribution in [1.82, 2.24) is 4.98 Å². The van der Waals surface area contributed by atoms with E-state index in [4.69, 9.17) is 6.42 Å². The normalized spacial score (nSPS) is 19.5. The maximum Gasteiger partial charge on any atom is 0.229 e. The summed E-state index contributed by atoms with van der Waals surface area (Å²) in [6.45, 7) is 4.59. The molecule has 1 aromatic rings. The maximum absolute atomic E-state index is 11.9. The van der Waals surface area contributed by atoms with Gasteiger partial charge in [-0.25, -0.2) is 4.98 Å². The average molecular weight is 228 g/mol. The summed E-state index contributed by atoms with van der Waals surface area (Å²) in [4.78, 5) is 18.1. The van der Waals surface area contributed by atoms with E-state index in [2.05, 4.69) is 17.8 Å². The summed E-state index contributed by atoms with van der Waals surface area (Å²) >= 11 is 0. The van der Waals surface area contributed by atoms with Gasteiger partial charge in [-0.05, 0) is 25.0 Å². The quantitative estimate of drug-likeness (QED) is 0.725. The van der Waals surface area contributed by atoms with E-state index < -0.39 is 0 Å². The Kier molecular flexibility index (Phi) is 3.14. The lowest BCUT2D eigenvalue weighted by molar-refractivity contribution is -0.117. The lowest BCUT2D eigenvalue weighted by Crippen LogP contribution is -2.26. The molecule has 1 fully saturated rings. The second-order valence-electron chi connectivity index (χ2n) is 4.36. The van der Waals surface area contributed by atoms with E-state index in [1.54, 1.807) is 4.90 Å². The van der Waals surface area contributed by atoms with E-state index in [0.29, 0.717) is 13.0 Å². The molecule has 0 spiro atoms. The van der Waals surface area contributed by atoms with Crippen molar-refractivity contribution in [3.63, 3.8) is 0 Å². The lowest BCUT2D eigenvalue weighted by Gasteiger charge is -2.18. The first-order chi connectivity index (χ1) is 8.15. The summed E-state index contributed by atoms with van der Waals surface area (Å²) in [7, 11) is 0. The number of amides is 1. The van der Waals surface area contributed by atoms with Gasteiger partial charge in [0.15, 0.2) is 0 Å². The second kappa shape index (κ2) is 4.58. The monoisotopic (exact) mass is 228 g/mol. The second-order valence-corrected chi connectivity index (χ2v) is 4.36. The van der Waals surface area contributed by atoms with Crippen LogP contribution in [0.4, 0.5) is 5.82 Å². The van der Waals surface area contributed by atoms with Crippen LogP contribution in [0.15, 0.2) is 12.1 Å². The molecule has 88 valence electrons. The molecule has 0 bridgehead atoms. The molecule has 2 heterocycles. The van der Waals surface area contributed by atoms with Crippen molar-refractivity contribution in [3.05, 3.63) is 23.4 Å². The molecule has 1 atom stereocenters. The highest BCUT2D eigenvalue weighted by molar-refractivity contribution is 5.95. The van der Waals surface area contributed by atoms with E-state index in [0.717, 1.165) is 23.5 Å². The van der Waals surface area contributed by atoms with Gasteiger partial charge in [-0.15, -0.1) is 12.3 Å². The Bertz CT molecular complexity index is 487. The highest BCUT2D eigenvalue weighted by Crippen LogP contribution is 2.26. The predicted octanol–water partition coefficient (Wildman–Crippen LogP) is 1.94. The SMILES string of the molecule is C#CC1CC(=O)N(c2nc(C)ccc2CC)C1. The van der Waals surface area contributed by atoms with Gasteiger partial charge in [-0.2, -0.15) is 0 Å². The molecule has 1 unspecified atom stereocenters. The Labute approximate surface area is 102 Å². The van der Waals surface area contributed by atoms with Crippen molar-refractivity contribution in [2.75, 3.05) is 11.4 Å². The number of terminal acetylenes is 1. The molecule has 0 aromatic carbocycles. The van der Waals surface area contributed by atoms with Crippen molar-refractivity contribution in [2.45, 2.75) is 26.7 Å². The number of anilines is 1. The number of carbonyl (C=O) groups is 1. The van der Waals surface area contributed by atoms with Gasteiger partial charge in [0.25, 0.3) is 0 Å². The molecule has 1 aliphatic heterocycles. The largest absolute Gasteiger partial charge is 0.295 e. The number of nitrogens with zero attached hydrogens (tertiary/aromatic N) is 2. The summed E-state index contributed by atoms with van der Waals surface area (Å²) in [5.41, 5.74) is 2.02. The first-order valence-electron chi connectivity index (χ1n) is 5.88. The van der Waals surface area contributed by atoms with Crippen LogP contribution in [-0.4, -0.2) is 17.4 Å². The van der Waals surface area contributed by atoms with Gasteiger partial charge >= 0.3 is 0 Å². The fourth-order valence-corrected chi connectivity index (χ4v) is 2.11. The zero-order valence-corrected chi connectivity index (χ0v) is 10.2. The van der Waals surface area contributed by atoms with Gasteiger partial charge in [0.05, 0.1) is 0 Å². The van der Waals surface area contributed by atoms with Gasteiger partial charge in [-0.3, -0.25) is 9.69 Å². The van der Waals surface area contributed by atoms with E-state index in [9.17, 15) is 4.79 Å². The Morgan fingerprint density at radius 1 is 1.59 bits per heavy atom. The molecule has 1 aromatic heterocycles. The summed E-state index contributed by atoms with van der Waals surface area (Å²) in [6, 6.07) is 4.01. The van der Waals surface area contributed by atoms with Gasteiger partial charge in [-0.1, -0.05) is 13.0 Å². The predicted molar refractivity (Wildman–Crippen MR) is 67.6 cm³/mol. The van der Waals surface area contributed by atoms with Crippen LogP contribution in [0.5, 0.6) is 0 Å². The molecule has 17 heavy (non-hydrogen) atoms. The summed E-state index contributed by atoms with van der Waals surface area (Å²) in [5, 5.41) is 0. The molecule has 1 saturated heterocycles. The lowest BCUT2D eigenvalue weighted by atomic mass is 10.1. The highest BCUT2D eigenvalue weighted by atomic mass is 16.2. The Morgan fingerprint density at radius 2 is 2.35 bits per heavy atom. The smallest absolute Gasteiger partial charge is 0.229 e. The molecule has 3 heteroatoms. The highest BCUT2D eigenvalue weighted by Gasteiger charge is 2.31. The molecular weight excluding hydrogens is 212 g/mol. The fraction of sp³-hybridized carbons (Fsp3) is 0.429. The Morgan fingerprint density at radius 3 is 2.94 bits per heavy atom. The number of pyridine rings is 1. The van der Waals surface area contributed by atoms with Crippen molar-refractivity contribution < 1.29 is 4.79 Å². The summed E-state index contributed by atoms with van der Waals surface area (Å²) in [5.74, 6) is 3.55. The molecule has 2 rings (SSSR count). The minimum atomic E-state index is 0.0227. The Hall–Kier alpha value is -1.82. The summed E-state index contributed by atoms with van der Waals surface area (Å²) in [6.07, 6.45) is 6.70. The van der Waals surface area contributed by atoms with E-state index >= 15 is 0 Å². The van der Waals surface area contributed by atoms with Crippen molar-refractivity contribution in [3.8, 4) is 12.3 Å². The van der Waals surface area contributed by atoms with E-state index in [-0.39, 0.29) is 11.8 Å². The number of carbonyl (C=O) groups excluding carboxylic acids is 1. The fourth-order valence-electron chi connectivity index (χ4n) is 2.11. The first-order valence-corrected chi connectivity index (χ1v) is 5.88. The maximum atomic E-state index is 11.9. The Balaban J connectivity index is 2.37. The van der Waals surface area contributed by atoms with Crippen LogP contribution in [0, 0.1) is 25.2 Å². The van der Waals surface area contributed by atoms with Gasteiger partial charge in [0.2, 0.25) is 5.91 Å². The number of hydrogen-bond donors (Lipinski definition) is 0. The third-order valence-corrected chi connectivity index (χ3v) is 3.09. The molecular formula is C14H16N2O. The molecule has 0 saturated carbocycles. The van der Waals surface area contributed by atoms with Crippen LogP contribution in [0.25, 0.3) is 0 Å². The number of rotatable bonds is 2. The van der Waals surface area contributed by atoms with Crippen molar-refractivity contribution in [2.24, 2.45) is 5.92 Å². The van der Waals surface area contributed by atoms with Gasteiger partial charge in [0.1, 0.15) is 5.82 Å². The van der Waals surface area contributed by atoms with Crippen LogP contribution in [0.1, 0.15) is 24.6 Å². The molecule has 1 aliphatic rings. The van der Waals surface area contributed by atoms with Gasteiger partial charge in [0, 0.05) is 24.6 Å². The average Bonchev–Trinajstić information content (AvgIpc) is 2.70. The molecule has 1 amide bonds. The number of hydrogen-bond acceptors (Lipinski definition) is 2. The zero-order chi connectivity index (χ0) is 12.4. The molecule has 3 nitrogen and oxygen atoms in total. The minimum absolute atomic E-state index is 0.0227.